The van der Waals surface area contributed by atoms with Crippen molar-refractivity contribution >= 4 is 0 Å². The molecule has 3 rings (SSSR count). The van der Waals surface area contributed by atoms with Crippen LogP contribution in [0.5, 0.6) is 0 Å². The highest BCUT2D eigenvalue weighted by Crippen LogP contribution is 2.41. The number of nitrogens with zero attached hydrogens (tertiary/aromatic N) is 3. The summed E-state index contributed by atoms with van der Waals surface area (Å²) in [5, 5.41) is 0. The third-order valence-electron chi connectivity index (χ3n) is 5.84. The van der Waals surface area contributed by atoms with Crippen molar-refractivity contribution in [3.8, 4) is 0 Å². The second-order valence-corrected chi connectivity index (χ2v) is 6.88. The summed E-state index contributed by atoms with van der Waals surface area (Å²) in [6.07, 6.45) is 8.01. The van der Waals surface area contributed by atoms with E-state index in [0.717, 1.165) is 31.6 Å². The first-order valence-corrected chi connectivity index (χ1v) is 8.18. The molecule has 2 aliphatic heterocycles. The van der Waals surface area contributed by atoms with E-state index in [0.29, 0.717) is 0 Å². The van der Waals surface area contributed by atoms with Crippen molar-refractivity contribution in [2.45, 2.75) is 49.7 Å². The van der Waals surface area contributed by atoms with E-state index in [2.05, 4.69) is 41.0 Å². The molecular formula is C17H28N4. The Morgan fingerprint density at radius 1 is 1.33 bits per heavy atom. The molecule has 21 heavy (non-hydrogen) atoms. The van der Waals surface area contributed by atoms with Crippen LogP contribution in [0.1, 0.15) is 31.4 Å². The van der Waals surface area contributed by atoms with Crippen molar-refractivity contribution in [3.63, 3.8) is 0 Å². The van der Waals surface area contributed by atoms with E-state index in [-0.39, 0.29) is 5.54 Å². The molecular weight excluding hydrogens is 260 g/mol. The fraction of sp³-hybridized carbons (Fsp3) is 0.706. The van der Waals surface area contributed by atoms with Crippen LogP contribution in [0.4, 0.5) is 0 Å². The molecule has 0 aliphatic carbocycles. The molecule has 116 valence electrons. The van der Waals surface area contributed by atoms with Gasteiger partial charge >= 0.3 is 0 Å². The van der Waals surface area contributed by atoms with Crippen LogP contribution in [0.25, 0.3) is 0 Å². The fourth-order valence-corrected chi connectivity index (χ4v) is 4.24. The molecule has 1 aromatic heterocycles. The van der Waals surface area contributed by atoms with Crippen LogP contribution in [0.15, 0.2) is 24.4 Å². The van der Waals surface area contributed by atoms with E-state index < -0.39 is 0 Å². The summed E-state index contributed by atoms with van der Waals surface area (Å²) in [5.41, 5.74) is 7.59. The Bertz CT molecular complexity index is 447. The monoisotopic (exact) mass is 288 g/mol. The molecule has 2 bridgehead atoms. The average molecular weight is 288 g/mol. The molecule has 0 spiro atoms. The predicted molar refractivity (Wildman–Crippen MR) is 86.2 cm³/mol. The number of fused-ring (bicyclic) bond motifs is 2. The van der Waals surface area contributed by atoms with E-state index in [1.54, 1.807) is 0 Å². The quantitative estimate of drug-likeness (QED) is 0.892. The highest BCUT2D eigenvalue weighted by molar-refractivity contribution is 5.08. The van der Waals surface area contributed by atoms with E-state index in [1.165, 1.54) is 31.4 Å². The molecule has 2 fully saturated rings. The summed E-state index contributed by atoms with van der Waals surface area (Å²) in [6.45, 7) is 1.81. The molecule has 0 amide bonds. The highest BCUT2D eigenvalue weighted by Gasteiger charge is 2.47. The number of pyridine rings is 1. The van der Waals surface area contributed by atoms with Gasteiger partial charge in [-0.1, -0.05) is 6.07 Å². The molecule has 0 radical (unpaired) electrons. The lowest BCUT2D eigenvalue weighted by Gasteiger charge is -2.50. The summed E-state index contributed by atoms with van der Waals surface area (Å²) < 4.78 is 0. The van der Waals surface area contributed by atoms with Gasteiger partial charge in [0.25, 0.3) is 0 Å². The van der Waals surface area contributed by atoms with Crippen molar-refractivity contribution in [2.24, 2.45) is 5.73 Å². The van der Waals surface area contributed by atoms with Crippen LogP contribution in [-0.4, -0.2) is 59.6 Å². The maximum absolute atomic E-state index is 6.23. The van der Waals surface area contributed by atoms with Gasteiger partial charge in [-0.2, -0.15) is 0 Å². The summed E-state index contributed by atoms with van der Waals surface area (Å²) in [4.78, 5) is 9.53. The van der Waals surface area contributed by atoms with Crippen LogP contribution in [0, 0.1) is 0 Å². The number of nitrogens with two attached hydrogens (primary N) is 1. The Morgan fingerprint density at radius 3 is 2.62 bits per heavy atom. The van der Waals surface area contributed by atoms with Gasteiger partial charge in [-0.3, -0.25) is 9.88 Å². The minimum atomic E-state index is 0.188. The first-order chi connectivity index (χ1) is 10.1. The van der Waals surface area contributed by atoms with Crippen molar-refractivity contribution in [1.29, 1.82) is 0 Å². The number of likely N-dealkylation sites (N-methyl/N-ethyl adjacent to an activating group) is 1. The van der Waals surface area contributed by atoms with Crippen molar-refractivity contribution in [2.75, 3.05) is 27.2 Å². The van der Waals surface area contributed by atoms with Gasteiger partial charge in [-0.05, 0) is 51.9 Å². The van der Waals surface area contributed by atoms with Crippen molar-refractivity contribution in [3.05, 3.63) is 30.1 Å². The van der Waals surface area contributed by atoms with E-state index >= 15 is 0 Å². The SMILES string of the molecule is CN1C2CCC1CC(CN)(N(C)CCc1ccccn1)C2. The van der Waals surface area contributed by atoms with Crippen LogP contribution in [-0.2, 0) is 6.42 Å². The highest BCUT2D eigenvalue weighted by atomic mass is 15.3. The largest absolute Gasteiger partial charge is 0.329 e. The Balaban J connectivity index is 1.66. The summed E-state index contributed by atoms with van der Waals surface area (Å²) in [5.74, 6) is 0. The lowest BCUT2D eigenvalue weighted by atomic mass is 9.81. The topological polar surface area (TPSA) is 45.4 Å². The van der Waals surface area contributed by atoms with Gasteiger partial charge < -0.3 is 10.6 Å². The molecule has 2 atom stereocenters. The molecule has 2 aliphatic rings. The van der Waals surface area contributed by atoms with Gasteiger partial charge in [0.1, 0.15) is 0 Å². The third-order valence-corrected chi connectivity index (χ3v) is 5.84. The van der Waals surface area contributed by atoms with E-state index in [9.17, 15) is 0 Å². The molecule has 1 aromatic rings. The fourth-order valence-electron chi connectivity index (χ4n) is 4.24. The van der Waals surface area contributed by atoms with Gasteiger partial charge in [0.05, 0.1) is 0 Å². The number of hydrogen-bond acceptors (Lipinski definition) is 4. The average Bonchev–Trinajstić information content (AvgIpc) is 2.76. The zero-order valence-corrected chi connectivity index (χ0v) is 13.3. The molecule has 2 unspecified atom stereocenters. The molecule has 3 heterocycles. The van der Waals surface area contributed by atoms with Crippen LogP contribution < -0.4 is 5.73 Å². The number of rotatable bonds is 5. The Morgan fingerprint density at radius 2 is 2.05 bits per heavy atom. The Hall–Kier alpha value is -0.970. The second-order valence-electron chi connectivity index (χ2n) is 6.88. The van der Waals surface area contributed by atoms with Crippen LogP contribution in [0.2, 0.25) is 0 Å². The van der Waals surface area contributed by atoms with Crippen LogP contribution >= 0.6 is 0 Å². The Kier molecular flexibility index (Phi) is 4.29. The normalized spacial score (nSPS) is 32.8. The summed E-state index contributed by atoms with van der Waals surface area (Å²) in [6, 6.07) is 7.61. The molecule has 2 N–H and O–H groups in total. The lowest BCUT2D eigenvalue weighted by Crippen LogP contribution is -2.61. The second kappa shape index (κ2) is 6.03. The van der Waals surface area contributed by atoms with Crippen molar-refractivity contribution < 1.29 is 0 Å². The molecule has 4 nitrogen and oxygen atoms in total. The summed E-state index contributed by atoms with van der Waals surface area (Å²) >= 11 is 0. The molecule has 2 saturated heterocycles. The van der Waals surface area contributed by atoms with Gasteiger partial charge in [0.15, 0.2) is 0 Å². The molecule has 0 saturated carbocycles. The number of aromatic nitrogens is 1. The minimum absolute atomic E-state index is 0.188. The molecule has 4 heteroatoms. The lowest BCUT2D eigenvalue weighted by molar-refractivity contribution is 0.0167. The van der Waals surface area contributed by atoms with Gasteiger partial charge in [-0.15, -0.1) is 0 Å². The standard InChI is InChI=1S/C17H28N4/c1-20(10-8-14-5-3-4-9-19-14)17(13-18)11-15-6-7-16(12-17)21(15)2/h3-5,9,15-16H,6-8,10-13,18H2,1-2H3. The van der Waals surface area contributed by atoms with E-state index in [4.69, 9.17) is 5.73 Å². The van der Waals surface area contributed by atoms with Gasteiger partial charge in [0.2, 0.25) is 0 Å². The summed E-state index contributed by atoms with van der Waals surface area (Å²) in [7, 11) is 4.54. The smallest absolute Gasteiger partial charge is 0.0416 e. The van der Waals surface area contributed by atoms with E-state index in [1.807, 2.05) is 12.3 Å². The van der Waals surface area contributed by atoms with Crippen LogP contribution in [0.3, 0.4) is 0 Å². The minimum Gasteiger partial charge on any atom is -0.329 e. The van der Waals surface area contributed by atoms with Gasteiger partial charge in [0, 0.05) is 49.0 Å². The zero-order valence-electron chi connectivity index (χ0n) is 13.3. The maximum Gasteiger partial charge on any atom is 0.0416 e. The third kappa shape index (κ3) is 2.85. The molecule has 0 aromatic carbocycles. The first kappa shape index (κ1) is 14.9. The zero-order chi connectivity index (χ0) is 14.9. The first-order valence-electron chi connectivity index (χ1n) is 8.18. The number of piperidine rings is 1. The maximum atomic E-state index is 6.23. The van der Waals surface area contributed by atoms with Gasteiger partial charge in [-0.25, -0.2) is 0 Å². The predicted octanol–water partition coefficient (Wildman–Crippen LogP) is 1.51. The Labute approximate surface area is 128 Å². The van der Waals surface area contributed by atoms with Crippen molar-refractivity contribution in [1.82, 2.24) is 14.8 Å². The number of hydrogen-bond donors (Lipinski definition) is 1.